The van der Waals surface area contributed by atoms with Gasteiger partial charge in [0.05, 0.1) is 12.8 Å². The number of hydrogen-bond donors (Lipinski definition) is 1. The monoisotopic (exact) mass is 180 g/mol. The number of ether oxygens (including phenoxy) is 1. The van der Waals surface area contributed by atoms with Gasteiger partial charge in [0, 0.05) is 17.3 Å². The number of pyridine rings is 1. The maximum absolute atomic E-state index is 8.29. The summed E-state index contributed by atoms with van der Waals surface area (Å²) in [6.45, 7) is 4.40. The van der Waals surface area contributed by atoms with Crippen LogP contribution in [-0.2, 0) is 0 Å². The lowest BCUT2D eigenvalue weighted by atomic mass is 10.2. The highest BCUT2D eigenvalue weighted by Gasteiger charge is 2.00. The Balaban J connectivity index is 2.91. The van der Waals surface area contributed by atoms with Crippen LogP contribution in [0.1, 0.15) is 18.1 Å². The zero-order valence-corrected chi connectivity index (χ0v) is 7.69. The summed E-state index contributed by atoms with van der Waals surface area (Å²) in [7, 11) is 0. The summed E-state index contributed by atoms with van der Waals surface area (Å²) < 4.78 is 5.25. The maximum Gasteiger partial charge on any atom is 0.216 e. The van der Waals surface area contributed by atoms with Gasteiger partial charge in [0.25, 0.3) is 0 Å². The molecule has 4 nitrogen and oxygen atoms in total. The number of aromatic nitrogens is 1. The van der Waals surface area contributed by atoms with Crippen LogP contribution in [0.15, 0.2) is 17.4 Å². The molecular weight excluding hydrogens is 168 g/mol. The molecular formula is C9H12N2O2. The van der Waals surface area contributed by atoms with E-state index in [-0.39, 0.29) is 0 Å². The van der Waals surface area contributed by atoms with Crippen molar-refractivity contribution in [1.82, 2.24) is 4.98 Å². The Kier molecular flexibility index (Phi) is 3.25. The van der Waals surface area contributed by atoms with Crippen molar-refractivity contribution in [1.29, 1.82) is 0 Å². The van der Waals surface area contributed by atoms with Crippen molar-refractivity contribution in [2.45, 2.75) is 13.8 Å². The first-order valence-corrected chi connectivity index (χ1v) is 4.04. The zero-order chi connectivity index (χ0) is 9.68. The minimum Gasteiger partial charge on any atom is -0.478 e. The molecule has 1 rings (SSSR count). The fourth-order valence-electron chi connectivity index (χ4n) is 1.01. The normalized spacial score (nSPS) is 10.6. The minimum absolute atomic E-state index is 0.598. The van der Waals surface area contributed by atoms with Crippen molar-refractivity contribution in [2.24, 2.45) is 5.16 Å². The molecule has 0 spiro atoms. The van der Waals surface area contributed by atoms with Gasteiger partial charge in [-0.3, -0.25) is 0 Å². The van der Waals surface area contributed by atoms with Gasteiger partial charge < -0.3 is 9.94 Å². The van der Waals surface area contributed by atoms with E-state index in [2.05, 4.69) is 10.1 Å². The van der Waals surface area contributed by atoms with Gasteiger partial charge in [0.1, 0.15) is 0 Å². The van der Waals surface area contributed by atoms with Crippen molar-refractivity contribution in [2.75, 3.05) is 6.61 Å². The first-order valence-electron chi connectivity index (χ1n) is 4.04. The van der Waals surface area contributed by atoms with Gasteiger partial charge in [-0.05, 0) is 19.9 Å². The predicted octanol–water partition coefficient (Wildman–Crippen LogP) is 1.60. The van der Waals surface area contributed by atoms with Crippen molar-refractivity contribution < 1.29 is 9.94 Å². The molecule has 0 aromatic carbocycles. The van der Waals surface area contributed by atoms with E-state index in [1.165, 1.54) is 6.21 Å². The van der Waals surface area contributed by atoms with E-state index < -0.39 is 0 Å². The first kappa shape index (κ1) is 9.51. The second kappa shape index (κ2) is 4.45. The largest absolute Gasteiger partial charge is 0.478 e. The second-order valence-corrected chi connectivity index (χ2v) is 2.57. The van der Waals surface area contributed by atoms with E-state index in [9.17, 15) is 0 Å². The number of aryl methyl sites for hydroxylation is 1. The summed E-state index contributed by atoms with van der Waals surface area (Å²) >= 11 is 0. The Morgan fingerprint density at radius 2 is 2.46 bits per heavy atom. The lowest BCUT2D eigenvalue weighted by Gasteiger charge is -2.04. The Morgan fingerprint density at radius 3 is 3.00 bits per heavy atom. The average molecular weight is 180 g/mol. The third kappa shape index (κ3) is 2.43. The molecule has 0 saturated carbocycles. The van der Waals surface area contributed by atoms with Crippen LogP contribution in [0.4, 0.5) is 0 Å². The van der Waals surface area contributed by atoms with Crippen LogP contribution in [0.5, 0.6) is 5.88 Å². The van der Waals surface area contributed by atoms with E-state index in [0.29, 0.717) is 12.5 Å². The molecule has 70 valence electrons. The number of oxime groups is 1. The minimum atomic E-state index is 0.598. The molecule has 1 aromatic heterocycles. The maximum atomic E-state index is 8.29. The molecule has 0 bridgehead atoms. The van der Waals surface area contributed by atoms with Crippen LogP contribution >= 0.6 is 0 Å². The molecule has 0 amide bonds. The summed E-state index contributed by atoms with van der Waals surface area (Å²) in [6, 6.07) is 1.84. The van der Waals surface area contributed by atoms with Crippen molar-refractivity contribution in [3.05, 3.63) is 23.4 Å². The van der Waals surface area contributed by atoms with Crippen LogP contribution in [0.2, 0.25) is 0 Å². The van der Waals surface area contributed by atoms with Gasteiger partial charge in [-0.1, -0.05) is 5.16 Å². The Bertz CT molecular complexity index is 310. The molecule has 0 saturated heterocycles. The van der Waals surface area contributed by atoms with Gasteiger partial charge in [0.2, 0.25) is 5.88 Å². The quantitative estimate of drug-likeness (QED) is 0.436. The molecule has 0 aliphatic carbocycles. The number of hydrogen-bond acceptors (Lipinski definition) is 4. The van der Waals surface area contributed by atoms with Crippen LogP contribution in [0.3, 0.4) is 0 Å². The molecule has 4 heteroatoms. The van der Waals surface area contributed by atoms with Crippen LogP contribution in [0.25, 0.3) is 0 Å². The van der Waals surface area contributed by atoms with Gasteiger partial charge in [-0.2, -0.15) is 0 Å². The molecule has 1 aromatic rings. The van der Waals surface area contributed by atoms with Gasteiger partial charge in [-0.15, -0.1) is 0 Å². The van der Waals surface area contributed by atoms with Crippen molar-refractivity contribution in [3.8, 4) is 5.88 Å². The molecule has 1 N–H and O–H groups in total. The standard InChI is InChI=1S/C9H12N2O2/c1-3-13-9-7(2)4-8(5-10-9)6-11-12/h4-6,12H,3H2,1-2H3. The lowest BCUT2D eigenvalue weighted by Crippen LogP contribution is -1.97. The molecule has 0 aliphatic rings. The number of rotatable bonds is 3. The molecule has 0 fully saturated rings. The highest BCUT2D eigenvalue weighted by molar-refractivity contribution is 5.78. The Labute approximate surface area is 76.9 Å². The first-order chi connectivity index (χ1) is 6.27. The third-order valence-electron chi connectivity index (χ3n) is 1.54. The average Bonchev–Trinajstić information content (AvgIpc) is 2.10. The third-order valence-corrected chi connectivity index (χ3v) is 1.54. The lowest BCUT2D eigenvalue weighted by molar-refractivity contribution is 0.321. The fraction of sp³-hybridized carbons (Fsp3) is 0.333. The predicted molar refractivity (Wildman–Crippen MR) is 49.5 cm³/mol. The van der Waals surface area contributed by atoms with Crippen LogP contribution in [0, 0.1) is 6.92 Å². The van der Waals surface area contributed by atoms with Crippen molar-refractivity contribution >= 4 is 6.21 Å². The van der Waals surface area contributed by atoms with Gasteiger partial charge in [0.15, 0.2) is 0 Å². The summed E-state index contributed by atoms with van der Waals surface area (Å²) in [4.78, 5) is 4.06. The fourth-order valence-corrected chi connectivity index (χ4v) is 1.01. The highest BCUT2D eigenvalue weighted by atomic mass is 16.5. The van der Waals surface area contributed by atoms with Crippen LogP contribution < -0.4 is 4.74 Å². The number of nitrogens with zero attached hydrogens (tertiary/aromatic N) is 2. The van der Waals surface area contributed by atoms with E-state index in [0.717, 1.165) is 11.1 Å². The highest BCUT2D eigenvalue weighted by Crippen LogP contribution is 2.13. The molecule has 0 unspecified atom stereocenters. The molecule has 1 heterocycles. The Hall–Kier alpha value is -1.58. The van der Waals surface area contributed by atoms with Crippen LogP contribution in [-0.4, -0.2) is 23.0 Å². The zero-order valence-electron chi connectivity index (χ0n) is 7.69. The summed E-state index contributed by atoms with van der Waals surface area (Å²) in [5, 5.41) is 11.2. The van der Waals surface area contributed by atoms with E-state index in [1.807, 2.05) is 19.9 Å². The molecule has 13 heavy (non-hydrogen) atoms. The van der Waals surface area contributed by atoms with E-state index in [1.54, 1.807) is 6.20 Å². The van der Waals surface area contributed by atoms with Gasteiger partial charge >= 0.3 is 0 Å². The van der Waals surface area contributed by atoms with Crippen molar-refractivity contribution in [3.63, 3.8) is 0 Å². The topological polar surface area (TPSA) is 54.7 Å². The summed E-state index contributed by atoms with van der Waals surface area (Å²) in [6.07, 6.45) is 2.92. The smallest absolute Gasteiger partial charge is 0.216 e. The molecule has 0 radical (unpaired) electrons. The van der Waals surface area contributed by atoms with E-state index >= 15 is 0 Å². The SMILES string of the molecule is CCOc1ncc(C=NO)cc1C. The second-order valence-electron chi connectivity index (χ2n) is 2.57. The Morgan fingerprint density at radius 1 is 1.69 bits per heavy atom. The summed E-state index contributed by atoms with van der Waals surface area (Å²) in [5.41, 5.74) is 1.68. The summed E-state index contributed by atoms with van der Waals surface area (Å²) in [5.74, 6) is 0.623. The molecule has 0 aliphatic heterocycles. The molecule has 0 atom stereocenters. The van der Waals surface area contributed by atoms with E-state index in [4.69, 9.17) is 9.94 Å². The van der Waals surface area contributed by atoms with Gasteiger partial charge in [-0.25, -0.2) is 4.98 Å².